The normalized spacial score (nSPS) is 11.1. The van der Waals surface area contributed by atoms with Crippen LogP contribution in [0.15, 0.2) is 59.6 Å². The highest BCUT2D eigenvalue weighted by atomic mass is 35.5. The van der Waals surface area contributed by atoms with Gasteiger partial charge in [0.25, 0.3) is 10.0 Å². The molecule has 146 valence electrons. The highest BCUT2D eigenvalue weighted by Crippen LogP contribution is 2.37. The van der Waals surface area contributed by atoms with Gasteiger partial charge in [-0.3, -0.25) is 4.72 Å². The second kappa shape index (κ2) is 8.22. The molecular formula is C18H13Cl2FN2O4S. The molecule has 1 heterocycles. The summed E-state index contributed by atoms with van der Waals surface area (Å²) in [7, 11) is -2.74. The first-order valence-corrected chi connectivity index (χ1v) is 9.99. The van der Waals surface area contributed by atoms with E-state index < -0.39 is 15.8 Å². The van der Waals surface area contributed by atoms with Crippen LogP contribution in [-0.4, -0.2) is 20.5 Å². The minimum absolute atomic E-state index is 0.0308. The van der Waals surface area contributed by atoms with E-state index >= 15 is 0 Å². The minimum Gasteiger partial charge on any atom is -0.493 e. The Hall–Kier alpha value is -2.55. The topological polar surface area (TPSA) is 77.5 Å². The van der Waals surface area contributed by atoms with Crippen LogP contribution in [0.25, 0.3) is 0 Å². The summed E-state index contributed by atoms with van der Waals surface area (Å²) in [4.78, 5) is 3.81. The first kappa shape index (κ1) is 20.2. The highest BCUT2D eigenvalue weighted by Gasteiger charge is 2.22. The predicted octanol–water partition coefficient (Wildman–Crippen LogP) is 5.13. The van der Waals surface area contributed by atoms with Gasteiger partial charge < -0.3 is 9.47 Å². The first-order valence-electron chi connectivity index (χ1n) is 7.75. The third kappa shape index (κ3) is 4.30. The van der Waals surface area contributed by atoms with Crippen molar-refractivity contribution in [2.45, 2.75) is 4.90 Å². The van der Waals surface area contributed by atoms with Crippen molar-refractivity contribution in [1.29, 1.82) is 0 Å². The second-order valence-electron chi connectivity index (χ2n) is 5.42. The van der Waals surface area contributed by atoms with Crippen molar-refractivity contribution in [3.05, 3.63) is 70.6 Å². The zero-order valence-electron chi connectivity index (χ0n) is 14.3. The smallest absolute Gasteiger partial charge is 0.263 e. The van der Waals surface area contributed by atoms with E-state index in [1.54, 1.807) is 6.07 Å². The van der Waals surface area contributed by atoms with Crippen molar-refractivity contribution in [2.75, 3.05) is 11.8 Å². The van der Waals surface area contributed by atoms with Gasteiger partial charge in [0, 0.05) is 6.20 Å². The lowest BCUT2D eigenvalue weighted by Crippen LogP contribution is -2.14. The molecule has 0 aliphatic carbocycles. The van der Waals surface area contributed by atoms with Gasteiger partial charge in [-0.1, -0.05) is 41.4 Å². The lowest BCUT2D eigenvalue weighted by Gasteiger charge is -2.15. The SMILES string of the molecule is COc1cccc(F)c1Oc1ncc(Cl)cc1NS(=O)(=O)c1ccccc1Cl. The number of aromatic nitrogens is 1. The molecule has 0 atom stereocenters. The predicted molar refractivity (Wildman–Crippen MR) is 105 cm³/mol. The van der Waals surface area contributed by atoms with Gasteiger partial charge in [-0.15, -0.1) is 0 Å². The standard InChI is InChI=1S/C18H13Cl2FN2O4S/c1-26-15-7-4-6-13(21)17(15)27-18-14(9-11(19)10-22-18)23-28(24,25)16-8-3-2-5-12(16)20/h2-10,23H,1H3. The van der Waals surface area contributed by atoms with Crippen molar-refractivity contribution in [1.82, 2.24) is 4.98 Å². The largest absolute Gasteiger partial charge is 0.493 e. The molecule has 10 heteroatoms. The maximum atomic E-state index is 14.2. The Bertz CT molecular complexity index is 1130. The summed E-state index contributed by atoms with van der Waals surface area (Å²) in [5, 5.41) is 0.174. The summed E-state index contributed by atoms with van der Waals surface area (Å²) >= 11 is 11.9. The Balaban J connectivity index is 2.02. The molecule has 0 saturated heterocycles. The van der Waals surface area contributed by atoms with Crippen LogP contribution in [0, 0.1) is 5.82 Å². The van der Waals surface area contributed by atoms with E-state index in [9.17, 15) is 12.8 Å². The number of pyridine rings is 1. The Morgan fingerprint density at radius 2 is 1.86 bits per heavy atom. The molecule has 0 saturated carbocycles. The number of hydrogen-bond acceptors (Lipinski definition) is 5. The quantitative estimate of drug-likeness (QED) is 0.572. The molecule has 28 heavy (non-hydrogen) atoms. The number of anilines is 1. The summed E-state index contributed by atoms with van der Waals surface area (Å²) in [6.07, 6.45) is 1.23. The number of methoxy groups -OCH3 is 1. The average molecular weight is 443 g/mol. The molecule has 3 rings (SSSR count). The van der Waals surface area contributed by atoms with E-state index in [4.69, 9.17) is 32.7 Å². The third-order valence-electron chi connectivity index (χ3n) is 3.54. The summed E-state index contributed by atoms with van der Waals surface area (Å²) in [5.74, 6) is -1.07. The minimum atomic E-state index is -4.09. The van der Waals surface area contributed by atoms with Crippen LogP contribution in [0.5, 0.6) is 17.4 Å². The van der Waals surface area contributed by atoms with E-state index in [1.165, 1.54) is 55.8 Å². The van der Waals surface area contributed by atoms with Gasteiger partial charge in [-0.25, -0.2) is 17.8 Å². The van der Waals surface area contributed by atoms with Crippen LogP contribution in [0.3, 0.4) is 0 Å². The van der Waals surface area contributed by atoms with Crippen LogP contribution < -0.4 is 14.2 Å². The molecular weight excluding hydrogens is 430 g/mol. The molecule has 0 aliphatic rings. The van der Waals surface area contributed by atoms with E-state index in [0.29, 0.717) is 0 Å². The average Bonchev–Trinajstić information content (AvgIpc) is 2.65. The Morgan fingerprint density at radius 3 is 2.57 bits per heavy atom. The van der Waals surface area contributed by atoms with Crippen LogP contribution in [0.1, 0.15) is 0 Å². The van der Waals surface area contributed by atoms with E-state index in [1.807, 2.05) is 0 Å². The van der Waals surface area contributed by atoms with Crippen LogP contribution in [-0.2, 0) is 10.0 Å². The van der Waals surface area contributed by atoms with Crippen LogP contribution in [0.2, 0.25) is 10.0 Å². The molecule has 0 bridgehead atoms. The molecule has 0 unspecified atom stereocenters. The van der Waals surface area contributed by atoms with Gasteiger partial charge in [0.15, 0.2) is 11.6 Å². The zero-order valence-corrected chi connectivity index (χ0v) is 16.6. The molecule has 1 N–H and O–H groups in total. The number of para-hydroxylation sites is 1. The number of rotatable bonds is 6. The summed E-state index contributed by atoms with van der Waals surface area (Å²) in [6, 6.07) is 11.3. The van der Waals surface area contributed by atoms with Crippen molar-refractivity contribution in [3.63, 3.8) is 0 Å². The summed E-state index contributed by atoms with van der Waals surface area (Å²) < 4.78 is 52.5. The number of ether oxygens (including phenoxy) is 2. The number of nitrogens with one attached hydrogen (secondary N) is 1. The Kier molecular flexibility index (Phi) is 5.93. The number of benzene rings is 2. The molecule has 6 nitrogen and oxygen atoms in total. The lowest BCUT2D eigenvalue weighted by molar-refractivity contribution is 0.359. The number of sulfonamides is 1. The molecule has 1 aromatic heterocycles. The fourth-order valence-corrected chi connectivity index (χ4v) is 4.02. The van der Waals surface area contributed by atoms with E-state index in [0.717, 1.165) is 0 Å². The zero-order chi connectivity index (χ0) is 20.3. The van der Waals surface area contributed by atoms with Gasteiger partial charge in [0.1, 0.15) is 10.6 Å². The van der Waals surface area contributed by atoms with Crippen molar-refractivity contribution >= 4 is 38.9 Å². The lowest BCUT2D eigenvalue weighted by atomic mass is 10.3. The molecule has 0 fully saturated rings. The van der Waals surface area contributed by atoms with Crippen LogP contribution >= 0.6 is 23.2 Å². The number of hydrogen-bond donors (Lipinski definition) is 1. The van der Waals surface area contributed by atoms with Crippen molar-refractivity contribution in [3.8, 4) is 17.4 Å². The molecule has 0 spiro atoms. The Morgan fingerprint density at radius 1 is 1.11 bits per heavy atom. The second-order valence-corrected chi connectivity index (χ2v) is 7.91. The van der Waals surface area contributed by atoms with Gasteiger partial charge in [-0.2, -0.15) is 0 Å². The van der Waals surface area contributed by atoms with Gasteiger partial charge in [0.05, 0.1) is 17.2 Å². The Labute approximate surface area is 170 Å². The first-order chi connectivity index (χ1) is 13.3. The number of nitrogens with zero attached hydrogens (tertiary/aromatic N) is 1. The van der Waals surface area contributed by atoms with Crippen LogP contribution in [0.4, 0.5) is 10.1 Å². The molecule has 2 aromatic carbocycles. The molecule has 3 aromatic rings. The highest BCUT2D eigenvalue weighted by molar-refractivity contribution is 7.92. The van der Waals surface area contributed by atoms with Crippen molar-refractivity contribution < 1.29 is 22.3 Å². The maximum absolute atomic E-state index is 14.2. The summed E-state index contributed by atoms with van der Waals surface area (Å²) in [6.45, 7) is 0. The molecule has 0 aliphatic heterocycles. The van der Waals surface area contributed by atoms with Gasteiger partial charge >= 0.3 is 0 Å². The monoisotopic (exact) mass is 442 g/mol. The van der Waals surface area contributed by atoms with Gasteiger partial charge in [0.2, 0.25) is 11.6 Å². The number of halogens is 3. The van der Waals surface area contributed by atoms with Gasteiger partial charge in [-0.05, 0) is 30.3 Å². The van der Waals surface area contributed by atoms with Crippen molar-refractivity contribution in [2.24, 2.45) is 0 Å². The van der Waals surface area contributed by atoms with E-state index in [2.05, 4.69) is 9.71 Å². The van der Waals surface area contributed by atoms with E-state index in [-0.39, 0.29) is 38.0 Å². The summed E-state index contributed by atoms with van der Waals surface area (Å²) in [5.41, 5.74) is -0.0993. The molecule has 0 amide bonds. The maximum Gasteiger partial charge on any atom is 0.263 e. The fraction of sp³-hybridized carbons (Fsp3) is 0.0556. The third-order valence-corrected chi connectivity index (χ3v) is 5.61. The molecule has 0 radical (unpaired) electrons. The fourth-order valence-electron chi connectivity index (χ4n) is 2.29.